The number of carbonyl (C=O) groups excluding carboxylic acids is 6. The van der Waals surface area contributed by atoms with Crippen molar-refractivity contribution in [2.45, 2.75) is 106 Å². The first-order chi connectivity index (χ1) is 68.2. The molecule has 18 nitrogen and oxygen atoms in total. The van der Waals surface area contributed by atoms with Crippen molar-refractivity contribution in [2.75, 3.05) is 66.3 Å². The molecule has 27 heteroatoms. The lowest BCUT2D eigenvalue weighted by molar-refractivity contribution is -0.136. The Morgan fingerprint density at radius 2 is 0.671 bits per heavy atom. The lowest BCUT2D eigenvalue weighted by atomic mass is 10.0. The van der Waals surface area contributed by atoms with Gasteiger partial charge in [0.25, 0.3) is 29.5 Å². The molecule has 0 fully saturated rings. The number of anilines is 4. The minimum atomic E-state index is -0.532. The molecule has 0 N–H and O–H groups in total. The van der Waals surface area contributed by atoms with Crippen molar-refractivity contribution in [1.29, 1.82) is 0 Å². The van der Waals surface area contributed by atoms with E-state index in [1.807, 2.05) is 300 Å². The summed E-state index contributed by atoms with van der Waals surface area (Å²) in [5.74, 6) is 1.27. The number of methoxy groups -OCH3 is 1. The number of hydrogen-bond acceptors (Lipinski definition) is 18. The molecule has 0 bridgehead atoms. The molecule has 0 spiro atoms. The monoisotopic (exact) mass is 2010 g/mol. The van der Waals surface area contributed by atoms with Gasteiger partial charge in [-0.1, -0.05) is 200 Å². The van der Waals surface area contributed by atoms with Crippen LogP contribution in [0, 0.1) is 32.4 Å². The minimum Gasteiger partial charge on any atom is -0.494 e. The normalized spacial score (nSPS) is 10.6. The van der Waals surface area contributed by atoms with Gasteiger partial charge in [-0.05, 0) is 248 Å². The van der Waals surface area contributed by atoms with E-state index in [2.05, 4.69) is 50.4 Å². The number of aryl methyl sites for hydroxylation is 4. The summed E-state index contributed by atoms with van der Waals surface area (Å²) in [6, 6.07) is 103. The summed E-state index contributed by atoms with van der Waals surface area (Å²) in [5.41, 5.74) is 8.05. The van der Waals surface area contributed by atoms with Crippen LogP contribution < -0.4 is 48.0 Å². The van der Waals surface area contributed by atoms with Crippen LogP contribution in [0.15, 0.2) is 366 Å². The second-order valence-electron chi connectivity index (χ2n) is 31.6. The van der Waals surface area contributed by atoms with E-state index in [0.29, 0.717) is 49.9 Å². The number of ether oxygens (including phenoxy) is 6. The zero-order valence-corrected chi connectivity index (χ0v) is 84.7. The maximum Gasteiger partial charge on any atom is 0.265 e. The van der Waals surface area contributed by atoms with Crippen LogP contribution in [0.4, 0.5) is 31.5 Å². The summed E-state index contributed by atoms with van der Waals surface area (Å²) < 4.78 is 60.1. The number of thiophene rings is 6. The van der Waals surface area contributed by atoms with Gasteiger partial charge in [0.1, 0.15) is 23.0 Å². The Kier molecular flexibility index (Phi) is 44.3. The van der Waals surface area contributed by atoms with Crippen LogP contribution in [0.2, 0.25) is 5.02 Å². The van der Waals surface area contributed by atoms with Gasteiger partial charge < -0.3 is 57.8 Å². The molecule has 140 heavy (non-hydrogen) atoms. The molecule has 10 aromatic carbocycles. The molecular weight excluding hydrogens is 1900 g/mol. The number of rotatable bonds is 38. The molecule has 6 aromatic heterocycles. The molecule has 0 aliphatic heterocycles. The van der Waals surface area contributed by atoms with Crippen LogP contribution in [0.5, 0.6) is 34.5 Å². The fourth-order valence-electron chi connectivity index (χ4n) is 13.8. The zero-order valence-electron chi connectivity index (χ0n) is 79.1. The number of nitrogens with zero attached hydrogens (tertiary/aromatic N) is 6. The SMILES string of the molecule is CCC(C)N(Cc1cccs1)C(=O)COc1ccc(C)cc1.CCN(Cc1cccs1)C(=O)CCc1ccccc1C.COc1ccc(OCC(=O)N(Cc2cccs2)c2ccccc2)cc1F.Cc1ccccc1OCC(=O)N(Cc1cccs1)c1ccccc1.O=C(COc1ccc(Cl)cc1)N(Cc1cccs1)c1ccccc1.O=C(COc1ccccc1F)N(Cc1cccs1)c1ccccc1. The van der Waals surface area contributed by atoms with Crippen LogP contribution in [0.3, 0.4) is 0 Å². The Morgan fingerprint density at radius 3 is 1.05 bits per heavy atom. The van der Waals surface area contributed by atoms with Crippen LogP contribution in [-0.4, -0.2) is 98.0 Å². The summed E-state index contributed by atoms with van der Waals surface area (Å²) in [6.45, 7) is 16.2. The van der Waals surface area contributed by atoms with Gasteiger partial charge in [0.05, 0.1) is 46.4 Å². The third kappa shape index (κ3) is 35.6. The third-order valence-electron chi connectivity index (χ3n) is 21.6. The van der Waals surface area contributed by atoms with E-state index in [9.17, 15) is 37.5 Å². The molecule has 6 amide bonds. The second-order valence-corrected chi connectivity index (χ2v) is 38.2. The Hall–Kier alpha value is -13.8. The van der Waals surface area contributed by atoms with E-state index in [1.54, 1.807) is 130 Å². The number of carbonyl (C=O) groups is 6. The van der Waals surface area contributed by atoms with Crippen molar-refractivity contribution >= 4 is 138 Å². The molecule has 16 aromatic rings. The fourth-order valence-corrected chi connectivity index (χ4v) is 18.1. The van der Waals surface area contributed by atoms with Crippen molar-refractivity contribution in [1.82, 2.24) is 9.80 Å². The zero-order chi connectivity index (χ0) is 99.0. The van der Waals surface area contributed by atoms with Crippen molar-refractivity contribution in [2.24, 2.45) is 0 Å². The third-order valence-corrected chi connectivity index (χ3v) is 27.0. The first kappa shape index (κ1) is 107. The van der Waals surface area contributed by atoms with Crippen LogP contribution in [0.1, 0.15) is 85.1 Å². The molecule has 0 aliphatic rings. The number of benzene rings is 10. The average Bonchev–Trinajstić information content (AvgIpc) is 1.60. The topological polar surface area (TPSA) is 177 Å². The Bertz CT molecular complexity index is 6170. The molecular formula is C113H113ClF2N6O12S6. The number of amides is 6. The minimum absolute atomic E-state index is 0.0190. The van der Waals surface area contributed by atoms with E-state index >= 15 is 0 Å². The van der Waals surface area contributed by atoms with Gasteiger partial charge in [0, 0.05) is 82.1 Å². The van der Waals surface area contributed by atoms with Crippen LogP contribution in [-0.2, 0) is 74.5 Å². The van der Waals surface area contributed by atoms with Crippen molar-refractivity contribution in [3.8, 4) is 34.5 Å². The number of halogens is 3. The largest absolute Gasteiger partial charge is 0.494 e. The molecule has 1 atom stereocenters. The van der Waals surface area contributed by atoms with Crippen LogP contribution in [0.25, 0.3) is 0 Å². The first-order valence-corrected chi connectivity index (χ1v) is 51.1. The van der Waals surface area contributed by atoms with Gasteiger partial charge in [-0.25, -0.2) is 8.78 Å². The predicted molar refractivity (Wildman–Crippen MR) is 568 cm³/mol. The molecule has 16 rings (SSSR count). The molecule has 0 saturated carbocycles. The van der Waals surface area contributed by atoms with Crippen LogP contribution >= 0.6 is 79.6 Å². The van der Waals surface area contributed by atoms with E-state index in [4.69, 9.17) is 40.0 Å². The van der Waals surface area contributed by atoms with E-state index in [-0.39, 0.29) is 91.8 Å². The van der Waals surface area contributed by atoms with Crippen molar-refractivity contribution in [3.05, 3.63) is 434 Å². The highest BCUT2D eigenvalue weighted by molar-refractivity contribution is 7.11. The maximum atomic E-state index is 13.8. The molecule has 1 unspecified atom stereocenters. The Balaban J connectivity index is 0.000000161. The number of para-hydroxylation sites is 6. The fraction of sp³-hybridized carbons (Fsp3) is 0.204. The molecule has 6 heterocycles. The van der Waals surface area contributed by atoms with E-state index < -0.39 is 11.6 Å². The summed E-state index contributed by atoms with van der Waals surface area (Å²) in [4.78, 5) is 93.1. The van der Waals surface area contributed by atoms with Gasteiger partial charge in [-0.2, -0.15) is 0 Å². The highest BCUT2D eigenvalue weighted by Crippen LogP contribution is 2.30. The van der Waals surface area contributed by atoms with E-state index in [0.717, 1.165) is 85.3 Å². The van der Waals surface area contributed by atoms with Gasteiger partial charge in [0.2, 0.25) is 5.91 Å². The van der Waals surface area contributed by atoms with Gasteiger partial charge in [0.15, 0.2) is 56.2 Å². The Morgan fingerprint density at radius 1 is 0.329 bits per heavy atom. The molecule has 0 radical (unpaired) electrons. The van der Waals surface area contributed by atoms with E-state index in [1.165, 1.54) is 57.8 Å². The smallest absolute Gasteiger partial charge is 0.265 e. The lowest BCUT2D eigenvalue weighted by Crippen LogP contribution is -2.40. The first-order valence-electron chi connectivity index (χ1n) is 45.4. The molecule has 0 aliphatic carbocycles. The maximum absolute atomic E-state index is 13.8. The van der Waals surface area contributed by atoms with Gasteiger partial charge in [-0.15, -0.1) is 68.0 Å². The van der Waals surface area contributed by atoms with Gasteiger partial charge >= 0.3 is 0 Å². The van der Waals surface area contributed by atoms with Crippen molar-refractivity contribution in [3.63, 3.8) is 0 Å². The quantitative estimate of drug-likeness (QED) is 0.0358. The molecule has 0 saturated heterocycles. The average molecular weight is 2010 g/mol. The number of hydrogen-bond donors (Lipinski definition) is 0. The predicted octanol–water partition coefficient (Wildman–Crippen LogP) is 27.0. The summed E-state index contributed by atoms with van der Waals surface area (Å²) in [5, 5.41) is 12.7. The highest BCUT2D eigenvalue weighted by atomic mass is 35.5. The summed E-state index contributed by atoms with van der Waals surface area (Å²) in [7, 11) is 1.39. The Labute approximate surface area is 848 Å². The highest BCUT2D eigenvalue weighted by Gasteiger charge is 2.25. The summed E-state index contributed by atoms with van der Waals surface area (Å²) in [6.07, 6.45) is 2.35. The standard InChI is InChI=1S/C20H18FNO3S.C20H19NO2S.C19H16ClNO2S.C19H16FNO2S.C18H23NO2S.C17H21NOS/c1-24-19-10-9-16(12-18(19)21)25-14-20(23)22(13-17-8-5-11-26-17)15-6-3-2-4-7-15;1-16-8-5-6-12-19(16)23-15-20(22)21(14-18-11-7-13-24-18)17-9-3-2-4-10-17;20-15-8-10-17(11-9-15)23-14-19(22)21(13-18-7-4-12-24-18)16-5-2-1-3-6-16;20-17-10-4-5-11-18(17)23-14-19(22)21(13-16-9-6-12-24-16)15-7-2-1-3-8-15;1-4-15(3)19(12-17-6-5-11-22-17)18(20)13-21-16-9-7-14(2)8-10-16;1-3-18(13-16-9-6-12-20-16)17(19)11-10-15-8-5-4-7-14(15)2/h2-12H,13-14H2,1H3;2-13H,14-15H2,1H3;2*1-12H,13-14H2;5-11,15H,4,12-13H2,1-3H3;4-9,12H,3,10-11,13H2,1-2H3. The second kappa shape index (κ2) is 58.2. The van der Waals surface area contributed by atoms with Gasteiger partial charge in [-0.3, -0.25) is 28.8 Å². The lowest BCUT2D eigenvalue weighted by Gasteiger charge is -2.28. The molecule has 724 valence electrons. The summed E-state index contributed by atoms with van der Waals surface area (Å²) >= 11 is 15.7. The van der Waals surface area contributed by atoms with Crippen molar-refractivity contribution < 1.29 is 66.0 Å².